The van der Waals surface area contributed by atoms with Crippen molar-refractivity contribution in [2.75, 3.05) is 6.61 Å². The molecule has 1 fully saturated rings. The Hall–Kier alpha value is -1.58. The van der Waals surface area contributed by atoms with Crippen molar-refractivity contribution in [3.05, 3.63) is 23.1 Å². The van der Waals surface area contributed by atoms with Crippen LogP contribution in [0.4, 0.5) is 0 Å². The van der Waals surface area contributed by atoms with Gasteiger partial charge < -0.3 is 9.26 Å². The zero-order valence-electron chi connectivity index (χ0n) is 12.9. The van der Waals surface area contributed by atoms with E-state index in [0.717, 1.165) is 24.2 Å². The molecule has 1 aromatic heterocycles. The van der Waals surface area contributed by atoms with Crippen molar-refractivity contribution in [2.45, 2.75) is 58.8 Å². The van der Waals surface area contributed by atoms with E-state index in [1.165, 1.54) is 37.7 Å². The summed E-state index contributed by atoms with van der Waals surface area (Å²) < 4.78 is 10.4. The summed E-state index contributed by atoms with van der Waals surface area (Å²) in [7, 11) is 0. The van der Waals surface area contributed by atoms with Gasteiger partial charge in [-0.15, -0.1) is 0 Å². The Labute approximate surface area is 125 Å². The SMILES string of the molecule is CCOC(=O)c1noc(C2=CCC3(CCCC3)CC2)c1C. The molecule has 0 atom stereocenters. The van der Waals surface area contributed by atoms with Crippen LogP contribution in [-0.2, 0) is 4.74 Å². The lowest BCUT2D eigenvalue weighted by atomic mass is 9.73. The maximum absolute atomic E-state index is 11.8. The van der Waals surface area contributed by atoms with Crippen molar-refractivity contribution in [3.8, 4) is 0 Å². The summed E-state index contributed by atoms with van der Waals surface area (Å²) >= 11 is 0. The molecule has 0 radical (unpaired) electrons. The molecule has 4 heteroatoms. The largest absolute Gasteiger partial charge is 0.461 e. The number of hydrogen-bond donors (Lipinski definition) is 0. The molecule has 0 saturated heterocycles. The van der Waals surface area contributed by atoms with Gasteiger partial charge in [0.05, 0.1) is 6.61 Å². The number of ether oxygens (including phenoxy) is 1. The van der Waals surface area contributed by atoms with Crippen molar-refractivity contribution < 1.29 is 14.1 Å². The summed E-state index contributed by atoms with van der Waals surface area (Å²) in [4.78, 5) is 11.8. The molecule has 114 valence electrons. The molecule has 0 bridgehead atoms. The van der Waals surface area contributed by atoms with Gasteiger partial charge in [-0.2, -0.15) is 0 Å². The third kappa shape index (κ3) is 2.63. The fraction of sp³-hybridized carbons (Fsp3) is 0.647. The summed E-state index contributed by atoms with van der Waals surface area (Å²) in [5.74, 6) is 0.375. The quantitative estimate of drug-likeness (QED) is 0.779. The van der Waals surface area contributed by atoms with E-state index in [1.54, 1.807) is 6.92 Å². The Kier molecular flexibility index (Phi) is 3.87. The topological polar surface area (TPSA) is 52.3 Å². The Balaban J connectivity index is 1.79. The van der Waals surface area contributed by atoms with E-state index in [1.807, 2.05) is 6.92 Å². The molecule has 0 unspecified atom stereocenters. The van der Waals surface area contributed by atoms with Gasteiger partial charge in [-0.25, -0.2) is 4.79 Å². The molecule has 0 aromatic carbocycles. The van der Waals surface area contributed by atoms with Crippen molar-refractivity contribution in [2.24, 2.45) is 5.41 Å². The molecular formula is C17H23NO3. The summed E-state index contributed by atoms with van der Waals surface area (Å²) in [6.07, 6.45) is 11.2. The first-order chi connectivity index (χ1) is 10.2. The van der Waals surface area contributed by atoms with Gasteiger partial charge in [-0.3, -0.25) is 0 Å². The first kappa shape index (κ1) is 14.4. The number of carbonyl (C=O) groups is 1. The lowest BCUT2D eigenvalue weighted by Crippen LogP contribution is -2.18. The number of allylic oxidation sites excluding steroid dienone is 2. The predicted octanol–water partition coefficient (Wildman–Crippen LogP) is 4.29. The molecule has 0 N–H and O–H groups in total. The summed E-state index contributed by atoms with van der Waals surface area (Å²) in [6, 6.07) is 0. The highest BCUT2D eigenvalue weighted by molar-refractivity contribution is 5.90. The maximum atomic E-state index is 11.8. The van der Waals surface area contributed by atoms with Crippen molar-refractivity contribution >= 4 is 11.5 Å². The summed E-state index contributed by atoms with van der Waals surface area (Å²) in [5, 5.41) is 3.91. The average Bonchev–Trinajstić information content (AvgIpc) is 3.08. The smallest absolute Gasteiger partial charge is 0.360 e. The van der Waals surface area contributed by atoms with Gasteiger partial charge in [-0.1, -0.05) is 24.1 Å². The first-order valence-electron chi connectivity index (χ1n) is 7.98. The third-order valence-electron chi connectivity index (χ3n) is 5.05. The summed E-state index contributed by atoms with van der Waals surface area (Å²) in [5.41, 5.74) is 2.87. The average molecular weight is 289 g/mol. The van der Waals surface area contributed by atoms with E-state index >= 15 is 0 Å². The van der Waals surface area contributed by atoms with Crippen LogP contribution >= 0.6 is 0 Å². The van der Waals surface area contributed by atoms with Gasteiger partial charge in [0.25, 0.3) is 0 Å². The Morgan fingerprint density at radius 3 is 2.76 bits per heavy atom. The zero-order chi connectivity index (χ0) is 14.9. The Bertz CT molecular complexity index is 565. The fourth-order valence-corrected chi connectivity index (χ4v) is 3.75. The Morgan fingerprint density at radius 2 is 2.14 bits per heavy atom. The van der Waals surface area contributed by atoms with E-state index in [9.17, 15) is 4.79 Å². The number of carbonyl (C=O) groups excluding carboxylic acids is 1. The zero-order valence-corrected chi connectivity index (χ0v) is 12.9. The van der Waals surface area contributed by atoms with Crippen LogP contribution in [0.25, 0.3) is 5.57 Å². The minimum Gasteiger partial charge on any atom is -0.461 e. The molecule has 4 nitrogen and oxygen atoms in total. The lowest BCUT2D eigenvalue weighted by molar-refractivity contribution is 0.0514. The van der Waals surface area contributed by atoms with E-state index in [0.29, 0.717) is 17.7 Å². The first-order valence-corrected chi connectivity index (χ1v) is 7.98. The molecule has 0 amide bonds. The second-order valence-electron chi connectivity index (χ2n) is 6.35. The fourth-order valence-electron chi connectivity index (χ4n) is 3.75. The van der Waals surface area contributed by atoms with Gasteiger partial charge in [0.1, 0.15) is 0 Å². The number of rotatable bonds is 3. The molecule has 2 aliphatic carbocycles. The van der Waals surface area contributed by atoms with Gasteiger partial charge in [0, 0.05) is 5.56 Å². The van der Waals surface area contributed by atoms with Gasteiger partial charge in [0.2, 0.25) is 0 Å². The normalized spacial score (nSPS) is 20.6. The predicted molar refractivity (Wildman–Crippen MR) is 79.9 cm³/mol. The van der Waals surface area contributed by atoms with E-state index in [-0.39, 0.29) is 0 Å². The molecule has 0 aliphatic heterocycles. The highest BCUT2D eigenvalue weighted by Gasteiger charge is 2.36. The second kappa shape index (κ2) is 5.66. The monoisotopic (exact) mass is 289 g/mol. The molecule has 1 heterocycles. The van der Waals surface area contributed by atoms with E-state index in [4.69, 9.17) is 9.26 Å². The van der Waals surface area contributed by atoms with Crippen LogP contribution < -0.4 is 0 Å². The van der Waals surface area contributed by atoms with Crippen molar-refractivity contribution in [1.82, 2.24) is 5.16 Å². The van der Waals surface area contributed by atoms with E-state index < -0.39 is 5.97 Å². The van der Waals surface area contributed by atoms with Crippen LogP contribution in [-0.4, -0.2) is 17.7 Å². The van der Waals surface area contributed by atoms with Crippen LogP contribution in [0.1, 0.15) is 73.7 Å². The minimum atomic E-state index is -0.395. The van der Waals surface area contributed by atoms with Crippen LogP contribution in [0.5, 0.6) is 0 Å². The number of hydrogen-bond acceptors (Lipinski definition) is 4. The van der Waals surface area contributed by atoms with Crippen LogP contribution in [0, 0.1) is 12.3 Å². The molecule has 21 heavy (non-hydrogen) atoms. The minimum absolute atomic E-state index is 0.314. The van der Waals surface area contributed by atoms with Crippen molar-refractivity contribution in [1.29, 1.82) is 0 Å². The van der Waals surface area contributed by atoms with Crippen LogP contribution in [0.15, 0.2) is 10.6 Å². The van der Waals surface area contributed by atoms with Crippen LogP contribution in [0.3, 0.4) is 0 Å². The van der Waals surface area contributed by atoms with Crippen LogP contribution in [0.2, 0.25) is 0 Å². The second-order valence-corrected chi connectivity index (χ2v) is 6.35. The highest BCUT2D eigenvalue weighted by Crippen LogP contribution is 2.49. The number of esters is 1. The molecule has 1 saturated carbocycles. The van der Waals surface area contributed by atoms with Gasteiger partial charge in [-0.05, 0) is 56.9 Å². The molecule has 1 spiro atoms. The maximum Gasteiger partial charge on any atom is 0.360 e. The lowest BCUT2D eigenvalue weighted by Gasteiger charge is -2.32. The summed E-state index contributed by atoms with van der Waals surface area (Å²) in [6.45, 7) is 4.03. The Morgan fingerprint density at radius 1 is 1.38 bits per heavy atom. The molecule has 3 rings (SSSR count). The van der Waals surface area contributed by atoms with Crippen molar-refractivity contribution in [3.63, 3.8) is 0 Å². The standard InChI is InChI=1S/C17H23NO3/c1-3-20-16(19)14-12(2)15(21-18-14)13-6-10-17(11-7-13)8-4-5-9-17/h6H,3-5,7-11H2,1-2H3. The highest BCUT2D eigenvalue weighted by atomic mass is 16.5. The third-order valence-corrected chi connectivity index (χ3v) is 5.05. The number of nitrogens with zero attached hydrogens (tertiary/aromatic N) is 1. The molecule has 1 aromatic rings. The molecular weight excluding hydrogens is 266 g/mol. The van der Waals surface area contributed by atoms with Gasteiger partial charge >= 0.3 is 5.97 Å². The van der Waals surface area contributed by atoms with Gasteiger partial charge in [0.15, 0.2) is 11.5 Å². The van der Waals surface area contributed by atoms with E-state index in [2.05, 4.69) is 11.2 Å². The molecule has 2 aliphatic rings. The number of aromatic nitrogens is 1.